The van der Waals surface area contributed by atoms with Crippen molar-refractivity contribution in [1.82, 2.24) is 0 Å². The maximum absolute atomic E-state index is 12.6. The molecule has 0 heterocycles. The molecular weight excluding hydrogens is 189 g/mol. The summed E-state index contributed by atoms with van der Waals surface area (Å²) < 4.78 is 59.2. The second kappa shape index (κ2) is 3.86. The van der Waals surface area contributed by atoms with Crippen molar-refractivity contribution in [1.29, 1.82) is 0 Å². The van der Waals surface area contributed by atoms with Gasteiger partial charge in [0.05, 0.1) is 5.56 Å². The van der Waals surface area contributed by atoms with Crippen molar-refractivity contribution in [2.45, 2.75) is 20.0 Å². The third kappa shape index (κ3) is 2.62. The van der Waals surface area contributed by atoms with E-state index in [9.17, 15) is 13.2 Å². The Morgan fingerprint density at radius 1 is 1.36 bits per heavy atom. The van der Waals surface area contributed by atoms with Crippen molar-refractivity contribution >= 4 is 6.08 Å². The fourth-order valence-corrected chi connectivity index (χ4v) is 1.11. The highest BCUT2D eigenvalue weighted by atomic mass is 19.4. The smallest absolute Gasteiger partial charge is 0.166 e. The maximum Gasteiger partial charge on any atom is 0.416 e. The molecule has 0 amide bonds. The molecular formula is C11H11F3. The zero-order chi connectivity index (χ0) is 13.3. The number of alkyl halides is 3. The molecule has 76 valence electrons. The summed E-state index contributed by atoms with van der Waals surface area (Å²) in [6.45, 7) is -1.08. The standard InChI is InChI=1S/C11H11F3/c1-8(2)7-9-5-3-4-6-10(9)11(12,13)14/h3-7H,1-2H3/i1D3/b8-7-. The molecule has 14 heavy (non-hydrogen) atoms. The van der Waals surface area contributed by atoms with Gasteiger partial charge in [0.1, 0.15) is 0 Å². The van der Waals surface area contributed by atoms with Gasteiger partial charge in [-0.3, -0.25) is 0 Å². The minimum Gasteiger partial charge on any atom is -0.166 e. The Kier molecular flexibility index (Phi) is 1.96. The molecule has 0 aliphatic carbocycles. The van der Waals surface area contributed by atoms with E-state index >= 15 is 0 Å². The lowest BCUT2D eigenvalue weighted by Gasteiger charge is -2.09. The van der Waals surface area contributed by atoms with Gasteiger partial charge in [-0.25, -0.2) is 0 Å². The molecule has 0 aromatic heterocycles. The third-order valence-corrected chi connectivity index (χ3v) is 1.64. The minimum absolute atomic E-state index is 0.0748. The monoisotopic (exact) mass is 203 g/mol. The average Bonchev–Trinajstić information content (AvgIpc) is 2.15. The molecule has 0 saturated heterocycles. The molecule has 0 saturated carbocycles. The highest BCUT2D eigenvalue weighted by Gasteiger charge is 2.32. The van der Waals surface area contributed by atoms with Gasteiger partial charge in [0, 0.05) is 4.11 Å². The fourth-order valence-electron chi connectivity index (χ4n) is 1.11. The Morgan fingerprint density at radius 3 is 2.57 bits per heavy atom. The summed E-state index contributed by atoms with van der Waals surface area (Å²) in [5, 5.41) is 0. The summed E-state index contributed by atoms with van der Waals surface area (Å²) in [5.74, 6) is 0. The molecule has 0 N–H and O–H groups in total. The molecule has 0 fully saturated rings. The first-order valence-corrected chi connectivity index (χ1v) is 3.97. The van der Waals surface area contributed by atoms with Gasteiger partial charge in [0.15, 0.2) is 0 Å². The third-order valence-electron chi connectivity index (χ3n) is 1.64. The molecule has 0 unspecified atom stereocenters. The van der Waals surface area contributed by atoms with Crippen LogP contribution in [0, 0.1) is 0 Å². The number of benzene rings is 1. The Hall–Kier alpha value is -1.25. The normalized spacial score (nSPS) is 17.1. The summed E-state index contributed by atoms with van der Waals surface area (Å²) in [6, 6.07) is 4.88. The Morgan fingerprint density at radius 2 is 2.00 bits per heavy atom. The van der Waals surface area contributed by atoms with Crippen molar-refractivity contribution in [3.63, 3.8) is 0 Å². The van der Waals surface area contributed by atoms with Crippen LogP contribution < -0.4 is 0 Å². The van der Waals surface area contributed by atoms with Gasteiger partial charge >= 0.3 is 6.18 Å². The minimum atomic E-state index is -4.48. The fraction of sp³-hybridized carbons (Fsp3) is 0.273. The van der Waals surface area contributed by atoms with Crippen molar-refractivity contribution < 1.29 is 17.3 Å². The van der Waals surface area contributed by atoms with Crippen molar-refractivity contribution in [2.75, 3.05) is 0 Å². The van der Waals surface area contributed by atoms with E-state index in [1.807, 2.05) is 0 Å². The van der Waals surface area contributed by atoms with Crippen LogP contribution in [0.2, 0.25) is 0 Å². The van der Waals surface area contributed by atoms with Crippen molar-refractivity contribution in [2.24, 2.45) is 0 Å². The maximum atomic E-state index is 12.6. The number of halogens is 3. The average molecular weight is 203 g/mol. The summed E-state index contributed by atoms with van der Waals surface area (Å²) >= 11 is 0. The zero-order valence-corrected chi connectivity index (χ0v) is 7.52. The summed E-state index contributed by atoms with van der Waals surface area (Å²) in [4.78, 5) is 0. The van der Waals surface area contributed by atoms with Crippen LogP contribution in [-0.2, 0) is 6.18 Å². The van der Waals surface area contributed by atoms with E-state index in [2.05, 4.69) is 0 Å². The molecule has 0 bridgehead atoms. The first-order chi connectivity index (χ1) is 7.62. The van der Waals surface area contributed by atoms with Gasteiger partial charge in [-0.1, -0.05) is 29.8 Å². The van der Waals surface area contributed by atoms with E-state index in [0.717, 1.165) is 12.1 Å². The van der Waals surface area contributed by atoms with E-state index in [-0.39, 0.29) is 11.1 Å². The van der Waals surface area contributed by atoms with Crippen LogP contribution in [0.4, 0.5) is 13.2 Å². The largest absolute Gasteiger partial charge is 0.416 e. The van der Waals surface area contributed by atoms with Gasteiger partial charge in [0.2, 0.25) is 0 Å². The van der Waals surface area contributed by atoms with E-state index < -0.39 is 18.6 Å². The van der Waals surface area contributed by atoms with Gasteiger partial charge in [-0.2, -0.15) is 13.2 Å². The Bertz CT molecular complexity index is 430. The highest BCUT2D eigenvalue weighted by Crippen LogP contribution is 2.32. The quantitative estimate of drug-likeness (QED) is 0.643. The lowest BCUT2D eigenvalue weighted by atomic mass is 10.1. The van der Waals surface area contributed by atoms with E-state index in [1.165, 1.54) is 25.1 Å². The Balaban J connectivity index is 3.25. The first kappa shape index (κ1) is 7.10. The second-order valence-corrected chi connectivity index (χ2v) is 2.91. The number of allylic oxidation sites excluding steroid dienone is 1. The lowest BCUT2D eigenvalue weighted by Crippen LogP contribution is -2.06. The van der Waals surface area contributed by atoms with Crippen LogP contribution in [0.25, 0.3) is 6.08 Å². The van der Waals surface area contributed by atoms with Crippen LogP contribution in [0.3, 0.4) is 0 Å². The summed E-state index contributed by atoms with van der Waals surface area (Å²) in [7, 11) is 0. The topological polar surface area (TPSA) is 0 Å². The van der Waals surface area contributed by atoms with E-state index in [1.54, 1.807) is 0 Å². The number of rotatable bonds is 1. The van der Waals surface area contributed by atoms with Gasteiger partial charge in [-0.05, 0) is 25.4 Å². The van der Waals surface area contributed by atoms with Crippen LogP contribution in [-0.4, -0.2) is 0 Å². The number of hydrogen-bond acceptors (Lipinski definition) is 0. The molecule has 0 radical (unpaired) electrons. The Labute approximate surface area is 85.3 Å². The molecule has 0 nitrogen and oxygen atoms in total. The molecule has 1 aromatic rings. The van der Waals surface area contributed by atoms with Gasteiger partial charge in [-0.15, -0.1) is 0 Å². The van der Waals surface area contributed by atoms with E-state index in [4.69, 9.17) is 4.11 Å². The second-order valence-electron chi connectivity index (χ2n) is 2.91. The number of hydrogen-bond donors (Lipinski definition) is 0. The summed E-state index contributed by atoms with van der Waals surface area (Å²) in [6.07, 6.45) is -3.43. The van der Waals surface area contributed by atoms with Gasteiger partial charge < -0.3 is 0 Å². The molecule has 0 aliphatic heterocycles. The molecule has 1 rings (SSSR count). The predicted octanol–water partition coefficient (Wildman–Crippen LogP) is 4.13. The van der Waals surface area contributed by atoms with Crippen LogP contribution >= 0.6 is 0 Å². The van der Waals surface area contributed by atoms with Crippen molar-refractivity contribution in [3.8, 4) is 0 Å². The molecule has 0 aliphatic rings. The molecule has 3 heteroatoms. The molecule has 1 aromatic carbocycles. The molecule has 0 atom stereocenters. The van der Waals surface area contributed by atoms with Crippen LogP contribution in [0.15, 0.2) is 29.8 Å². The zero-order valence-electron chi connectivity index (χ0n) is 10.5. The predicted molar refractivity (Wildman–Crippen MR) is 50.8 cm³/mol. The molecule has 0 spiro atoms. The van der Waals surface area contributed by atoms with Crippen LogP contribution in [0.1, 0.15) is 29.0 Å². The van der Waals surface area contributed by atoms with Crippen LogP contribution in [0.5, 0.6) is 0 Å². The van der Waals surface area contributed by atoms with Gasteiger partial charge in [0.25, 0.3) is 0 Å². The highest BCUT2D eigenvalue weighted by molar-refractivity contribution is 5.56. The lowest BCUT2D eigenvalue weighted by molar-refractivity contribution is -0.137. The first-order valence-electron chi connectivity index (χ1n) is 5.47. The van der Waals surface area contributed by atoms with Crippen molar-refractivity contribution in [3.05, 3.63) is 41.0 Å². The SMILES string of the molecule is [2H]C([2H])([2H])/C(C)=C/c1ccccc1C(F)(F)F. The van der Waals surface area contributed by atoms with E-state index in [0.29, 0.717) is 0 Å². The summed E-state index contributed by atoms with van der Waals surface area (Å²) in [5.41, 5.74) is -1.04.